The van der Waals surface area contributed by atoms with Gasteiger partial charge in [-0.05, 0) is 5.53 Å². The first kappa shape index (κ1) is 7.01. The summed E-state index contributed by atoms with van der Waals surface area (Å²) >= 11 is 0. The molecule has 0 rings (SSSR count). The maximum absolute atomic E-state index is 8.61. The quantitative estimate of drug-likeness (QED) is 0.250. The molecule has 0 aliphatic rings. The summed E-state index contributed by atoms with van der Waals surface area (Å²) in [6, 6.07) is 0. The van der Waals surface area contributed by atoms with Crippen molar-refractivity contribution in [1.29, 1.82) is 0 Å². The molecule has 0 fully saturated rings. The fourth-order valence-corrected chi connectivity index (χ4v) is 0.195. The fourth-order valence-electron chi connectivity index (χ4n) is 0.195. The summed E-state index contributed by atoms with van der Waals surface area (Å²) < 4.78 is 0. The fraction of sp³-hybridized carbons (Fsp3) is 0.500. The Morgan fingerprint density at radius 2 is 2.62 bits per heavy atom. The van der Waals surface area contributed by atoms with Gasteiger partial charge in [0.1, 0.15) is 0 Å². The molecule has 0 aromatic carbocycles. The summed E-state index contributed by atoms with van der Waals surface area (Å²) in [7, 11) is 0. The van der Waals surface area contributed by atoms with Gasteiger partial charge in [-0.15, -0.1) is 6.58 Å². The topological polar surface area (TPSA) is 69.0 Å². The van der Waals surface area contributed by atoms with E-state index in [1.807, 2.05) is 0 Å². The molecule has 0 aromatic heterocycles. The molecule has 44 valence electrons. The van der Waals surface area contributed by atoms with Crippen LogP contribution < -0.4 is 0 Å². The second kappa shape index (κ2) is 4.18. The molecule has 0 saturated carbocycles. The molecule has 0 bridgehead atoms. The van der Waals surface area contributed by atoms with Crippen LogP contribution in [-0.4, -0.2) is 17.8 Å². The van der Waals surface area contributed by atoms with Crippen LogP contribution in [-0.2, 0) is 0 Å². The van der Waals surface area contributed by atoms with Crippen molar-refractivity contribution in [3.05, 3.63) is 23.1 Å². The van der Waals surface area contributed by atoms with Crippen LogP contribution >= 0.6 is 0 Å². The Morgan fingerprint density at radius 3 is 3.00 bits per heavy atom. The molecule has 0 heterocycles. The molecule has 4 nitrogen and oxygen atoms in total. The van der Waals surface area contributed by atoms with Crippen molar-refractivity contribution in [2.45, 2.75) is 6.10 Å². The van der Waals surface area contributed by atoms with E-state index in [1.165, 1.54) is 6.08 Å². The molecule has 1 atom stereocenters. The summed E-state index contributed by atoms with van der Waals surface area (Å²) in [5.74, 6) is 0. The number of nitrogens with zero attached hydrogens (tertiary/aromatic N) is 3. The lowest BCUT2D eigenvalue weighted by Gasteiger charge is -1.94. The predicted octanol–water partition coefficient (Wildman–Crippen LogP) is 0.844. The van der Waals surface area contributed by atoms with Crippen molar-refractivity contribution in [2.24, 2.45) is 5.11 Å². The maximum Gasteiger partial charge on any atom is 0.0774 e. The monoisotopic (exact) mass is 113 g/mol. The van der Waals surface area contributed by atoms with Crippen LogP contribution in [0, 0.1) is 0 Å². The molecule has 0 spiro atoms. The SMILES string of the molecule is C=CC(O)CN=[N+]=[N-]. The van der Waals surface area contributed by atoms with Crippen molar-refractivity contribution in [3.63, 3.8) is 0 Å². The normalized spacial score (nSPS) is 11.6. The van der Waals surface area contributed by atoms with Gasteiger partial charge in [0.15, 0.2) is 0 Å². The number of hydrogen-bond donors (Lipinski definition) is 1. The molecular weight excluding hydrogens is 106 g/mol. The van der Waals surface area contributed by atoms with E-state index in [0.29, 0.717) is 0 Å². The summed E-state index contributed by atoms with van der Waals surface area (Å²) in [5.41, 5.74) is 7.72. The molecule has 8 heavy (non-hydrogen) atoms. The van der Waals surface area contributed by atoms with Gasteiger partial charge in [-0.2, -0.15) is 0 Å². The number of aliphatic hydroxyl groups excluding tert-OH is 1. The smallest absolute Gasteiger partial charge is 0.0774 e. The first-order valence-electron chi connectivity index (χ1n) is 2.12. The van der Waals surface area contributed by atoms with E-state index in [2.05, 4.69) is 16.6 Å². The third kappa shape index (κ3) is 3.21. The molecule has 4 heteroatoms. The van der Waals surface area contributed by atoms with Crippen molar-refractivity contribution >= 4 is 0 Å². The van der Waals surface area contributed by atoms with E-state index in [1.54, 1.807) is 0 Å². The Kier molecular flexibility index (Phi) is 3.66. The molecule has 0 saturated heterocycles. The van der Waals surface area contributed by atoms with E-state index < -0.39 is 6.10 Å². The zero-order chi connectivity index (χ0) is 6.41. The standard InChI is InChI=1S/C4H7N3O/c1-2-4(8)3-6-7-5/h2,4,8H,1,3H2. The molecule has 1 N–H and O–H groups in total. The van der Waals surface area contributed by atoms with Gasteiger partial charge in [-0.3, -0.25) is 0 Å². The maximum atomic E-state index is 8.61. The Bertz CT molecular complexity index is 116. The minimum Gasteiger partial charge on any atom is -0.389 e. The van der Waals surface area contributed by atoms with Crippen LogP contribution in [0.5, 0.6) is 0 Å². The van der Waals surface area contributed by atoms with Crippen molar-refractivity contribution < 1.29 is 5.11 Å². The zero-order valence-corrected chi connectivity index (χ0v) is 4.36. The Balaban J connectivity index is 3.38. The van der Waals surface area contributed by atoms with Crippen molar-refractivity contribution in [2.75, 3.05) is 6.54 Å². The van der Waals surface area contributed by atoms with E-state index in [-0.39, 0.29) is 6.54 Å². The summed E-state index contributed by atoms with van der Waals surface area (Å²) in [6.45, 7) is 3.35. The van der Waals surface area contributed by atoms with Crippen LogP contribution in [0.3, 0.4) is 0 Å². The molecule has 0 aliphatic heterocycles. The van der Waals surface area contributed by atoms with Gasteiger partial charge in [-0.25, -0.2) is 0 Å². The number of azide groups is 1. The highest BCUT2D eigenvalue weighted by atomic mass is 16.3. The van der Waals surface area contributed by atoms with Gasteiger partial charge in [0.25, 0.3) is 0 Å². The first-order chi connectivity index (χ1) is 3.81. The van der Waals surface area contributed by atoms with Crippen LogP contribution in [0.4, 0.5) is 0 Å². The van der Waals surface area contributed by atoms with Crippen LogP contribution in [0.1, 0.15) is 0 Å². The van der Waals surface area contributed by atoms with E-state index in [9.17, 15) is 0 Å². The second-order valence-electron chi connectivity index (χ2n) is 1.22. The Morgan fingerprint density at radius 1 is 2.00 bits per heavy atom. The van der Waals surface area contributed by atoms with Gasteiger partial charge >= 0.3 is 0 Å². The van der Waals surface area contributed by atoms with Gasteiger partial charge in [-0.1, -0.05) is 11.2 Å². The Hall–Kier alpha value is -0.990. The summed E-state index contributed by atoms with van der Waals surface area (Å²) in [6.07, 6.45) is 0.611. The van der Waals surface area contributed by atoms with Gasteiger partial charge in [0.05, 0.1) is 12.6 Å². The highest BCUT2D eigenvalue weighted by Gasteiger charge is 1.90. The average molecular weight is 113 g/mol. The largest absolute Gasteiger partial charge is 0.389 e. The van der Waals surface area contributed by atoms with E-state index >= 15 is 0 Å². The third-order valence-corrected chi connectivity index (χ3v) is 0.604. The highest BCUT2D eigenvalue weighted by Crippen LogP contribution is 1.83. The van der Waals surface area contributed by atoms with Crippen LogP contribution in [0.25, 0.3) is 10.4 Å². The summed E-state index contributed by atoms with van der Waals surface area (Å²) in [5, 5.41) is 11.7. The predicted molar refractivity (Wildman–Crippen MR) is 30.2 cm³/mol. The highest BCUT2D eigenvalue weighted by molar-refractivity contribution is 4.79. The van der Waals surface area contributed by atoms with Gasteiger partial charge < -0.3 is 5.11 Å². The Labute approximate surface area is 47.1 Å². The lowest BCUT2D eigenvalue weighted by molar-refractivity contribution is 0.232. The first-order valence-corrected chi connectivity index (χ1v) is 2.12. The number of rotatable bonds is 3. The number of hydrogen-bond acceptors (Lipinski definition) is 2. The van der Waals surface area contributed by atoms with Crippen LogP contribution in [0.15, 0.2) is 17.8 Å². The van der Waals surface area contributed by atoms with Crippen LogP contribution in [0.2, 0.25) is 0 Å². The average Bonchev–Trinajstić information content (AvgIpc) is 1.83. The zero-order valence-electron chi connectivity index (χ0n) is 4.36. The minimum absolute atomic E-state index is 0.0694. The third-order valence-electron chi connectivity index (χ3n) is 0.604. The van der Waals surface area contributed by atoms with Crippen molar-refractivity contribution in [1.82, 2.24) is 0 Å². The molecule has 0 aromatic rings. The molecule has 0 aliphatic carbocycles. The molecule has 1 unspecified atom stereocenters. The summed E-state index contributed by atoms with van der Waals surface area (Å²) in [4.78, 5) is 2.44. The number of aliphatic hydroxyl groups is 1. The van der Waals surface area contributed by atoms with Gasteiger partial charge in [0.2, 0.25) is 0 Å². The minimum atomic E-state index is -0.703. The van der Waals surface area contributed by atoms with Gasteiger partial charge in [0, 0.05) is 4.91 Å². The molecular formula is C4H7N3O. The van der Waals surface area contributed by atoms with Crippen molar-refractivity contribution in [3.8, 4) is 0 Å². The lowest BCUT2D eigenvalue weighted by atomic mass is 10.4. The van der Waals surface area contributed by atoms with E-state index in [0.717, 1.165) is 0 Å². The molecule has 0 amide bonds. The van der Waals surface area contributed by atoms with E-state index in [4.69, 9.17) is 10.6 Å². The lowest BCUT2D eigenvalue weighted by Crippen LogP contribution is -2.04. The second-order valence-corrected chi connectivity index (χ2v) is 1.22. The molecule has 0 radical (unpaired) electrons.